The van der Waals surface area contributed by atoms with Crippen LogP contribution >= 0.6 is 0 Å². The lowest BCUT2D eigenvalue weighted by molar-refractivity contribution is -0.385. The molecule has 0 saturated heterocycles. The predicted octanol–water partition coefficient (Wildman–Crippen LogP) is 3.18. The van der Waals surface area contributed by atoms with Gasteiger partial charge in [-0.3, -0.25) is 10.1 Å². The fourth-order valence-electron chi connectivity index (χ4n) is 1.84. The molecule has 0 spiro atoms. The van der Waals surface area contributed by atoms with Crippen molar-refractivity contribution in [1.29, 1.82) is 0 Å². The van der Waals surface area contributed by atoms with Gasteiger partial charge in [-0.05, 0) is 24.3 Å². The van der Waals surface area contributed by atoms with Crippen LogP contribution < -0.4 is 9.47 Å². The highest BCUT2D eigenvalue weighted by Crippen LogP contribution is 2.33. The molecule has 0 fully saturated rings. The molecule has 0 amide bonds. The second-order valence-corrected chi connectivity index (χ2v) is 4.18. The number of benzene rings is 2. The maximum Gasteiger partial charge on any atom is 0.341 e. The van der Waals surface area contributed by atoms with Crippen molar-refractivity contribution in [3.63, 3.8) is 0 Å². The summed E-state index contributed by atoms with van der Waals surface area (Å²) >= 11 is 0. The third-order valence-corrected chi connectivity index (χ3v) is 2.87. The molecule has 0 saturated carbocycles. The number of carbonyl (C=O) groups is 1. The lowest BCUT2D eigenvalue weighted by Gasteiger charge is -2.10. The van der Waals surface area contributed by atoms with Crippen LogP contribution in [0, 0.1) is 10.1 Å². The van der Waals surface area contributed by atoms with E-state index in [0.29, 0.717) is 5.75 Å². The van der Waals surface area contributed by atoms with Crippen LogP contribution in [-0.4, -0.2) is 25.1 Å². The molecule has 7 nitrogen and oxygen atoms in total. The lowest BCUT2D eigenvalue weighted by Crippen LogP contribution is -2.04. The van der Waals surface area contributed by atoms with E-state index in [0.717, 1.165) is 0 Å². The molecule has 0 aliphatic heterocycles. The molecule has 7 heteroatoms. The van der Waals surface area contributed by atoms with E-state index in [1.54, 1.807) is 18.2 Å². The number of methoxy groups -OCH3 is 2. The first-order valence-electron chi connectivity index (χ1n) is 6.24. The molecule has 0 aliphatic carbocycles. The number of hydrogen-bond acceptors (Lipinski definition) is 6. The molecule has 2 aromatic rings. The van der Waals surface area contributed by atoms with Gasteiger partial charge in [-0.15, -0.1) is 0 Å². The fourth-order valence-corrected chi connectivity index (χ4v) is 1.84. The molecule has 2 aromatic carbocycles. The van der Waals surface area contributed by atoms with Crippen molar-refractivity contribution in [1.82, 2.24) is 0 Å². The maximum absolute atomic E-state index is 11.7. The van der Waals surface area contributed by atoms with Crippen molar-refractivity contribution >= 4 is 11.7 Å². The van der Waals surface area contributed by atoms with Gasteiger partial charge in [0.2, 0.25) is 5.75 Å². The summed E-state index contributed by atoms with van der Waals surface area (Å²) in [6.07, 6.45) is 0. The molecule has 114 valence electrons. The monoisotopic (exact) mass is 303 g/mol. The Hall–Kier alpha value is -3.09. The van der Waals surface area contributed by atoms with Crippen LogP contribution in [0.5, 0.6) is 17.2 Å². The Balaban J connectivity index is 2.39. The van der Waals surface area contributed by atoms with Crippen LogP contribution in [-0.2, 0) is 4.74 Å². The molecular formula is C15H13NO6. The zero-order chi connectivity index (χ0) is 16.1. The summed E-state index contributed by atoms with van der Waals surface area (Å²) in [4.78, 5) is 22.1. The Morgan fingerprint density at radius 1 is 1.09 bits per heavy atom. The van der Waals surface area contributed by atoms with Crippen molar-refractivity contribution in [2.45, 2.75) is 0 Å². The molecule has 0 unspecified atom stereocenters. The highest BCUT2D eigenvalue weighted by molar-refractivity contribution is 5.93. The minimum atomic E-state index is -0.593. The largest absolute Gasteiger partial charge is 0.496 e. The van der Waals surface area contributed by atoms with Gasteiger partial charge in [0.25, 0.3) is 0 Å². The topological polar surface area (TPSA) is 87.9 Å². The van der Waals surface area contributed by atoms with E-state index >= 15 is 0 Å². The second-order valence-electron chi connectivity index (χ2n) is 4.18. The highest BCUT2D eigenvalue weighted by atomic mass is 16.6. The lowest BCUT2D eigenvalue weighted by atomic mass is 10.2. The number of nitrogens with zero attached hydrogens (tertiary/aromatic N) is 1. The van der Waals surface area contributed by atoms with E-state index < -0.39 is 10.9 Å². The van der Waals surface area contributed by atoms with Gasteiger partial charge in [0.15, 0.2) is 0 Å². The molecule has 0 radical (unpaired) electrons. The normalized spacial score (nSPS) is 9.91. The molecular weight excluding hydrogens is 290 g/mol. The predicted molar refractivity (Wildman–Crippen MR) is 77.5 cm³/mol. The average molecular weight is 303 g/mol. The maximum atomic E-state index is 11.7. The Labute approximate surface area is 126 Å². The SMILES string of the molecule is COC(=O)c1cc(Oc2ccccc2[N+](=O)[O-])ccc1OC. The van der Waals surface area contributed by atoms with Gasteiger partial charge in [0.05, 0.1) is 19.1 Å². The van der Waals surface area contributed by atoms with Crippen LogP contribution in [0.15, 0.2) is 42.5 Å². The number of hydrogen-bond donors (Lipinski definition) is 0. The summed E-state index contributed by atoms with van der Waals surface area (Å²) in [5, 5.41) is 11.0. The van der Waals surface area contributed by atoms with Gasteiger partial charge >= 0.3 is 11.7 Å². The summed E-state index contributed by atoms with van der Waals surface area (Å²) < 4.78 is 15.2. The van der Waals surface area contributed by atoms with Crippen molar-refractivity contribution in [2.24, 2.45) is 0 Å². The number of nitro groups is 1. The number of carbonyl (C=O) groups excluding carboxylic acids is 1. The summed E-state index contributed by atoms with van der Waals surface area (Å²) in [5.74, 6) is 0.0654. The van der Waals surface area contributed by atoms with Gasteiger partial charge in [0.1, 0.15) is 17.1 Å². The van der Waals surface area contributed by atoms with E-state index in [9.17, 15) is 14.9 Å². The first-order valence-corrected chi connectivity index (χ1v) is 6.24. The van der Waals surface area contributed by atoms with Gasteiger partial charge in [-0.1, -0.05) is 12.1 Å². The zero-order valence-electron chi connectivity index (χ0n) is 11.9. The molecule has 0 atom stereocenters. The van der Waals surface area contributed by atoms with Gasteiger partial charge in [-0.2, -0.15) is 0 Å². The quantitative estimate of drug-likeness (QED) is 0.479. The summed E-state index contributed by atoms with van der Waals surface area (Å²) in [6, 6.07) is 10.4. The van der Waals surface area contributed by atoms with Crippen molar-refractivity contribution < 1.29 is 23.9 Å². The third kappa shape index (κ3) is 3.14. The van der Waals surface area contributed by atoms with Crippen LogP contribution in [0.4, 0.5) is 5.69 Å². The first-order chi connectivity index (χ1) is 10.6. The van der Waals surface area contributed by atoms with E-state index in [-0.39, 0.29) is 22.7 Å². The van der Waals surface area contributed by atoms with Crippen LogP contribution in [0.2, 0.25) is 0 Å². The van der Waals surface area contributed by atoms with Crippen LogP contribution in [0.3, 0.4) is 0 Å². The van der Waals surface area contributed by atoms with E-state index in [1.807, 2.05) is 0 Å². The van der Waals surface area contributed by atoms with E-state index in [4.69, 9.17) is 9.47 Å². The molecule has 0 bridgehead atoms. The number of ether oxygens (including phenoxy) is 3. The summed E-state index contributed by atoms with van der Waals surface area (Å²) in [5.41, 5.74) is -0.000907. The minimum absolute atomic E-state index is 0.0773. The number of para-hydroxylation sites is 2. The van der Waals surface area contributed by atoms with Crippen molar-refractivity contribution in [2.75, 3.05) is 14.2 Å². The average Bonchev–Trinajstić information content (AvgIpc) is 2.54. The Kier molecular flexibility index (Phi) is 4.57. The number of nitro benzene ring substituents is 1. The van der Waals surface area contributed by atoms with Crippen LogP contribution in [0.25, 0.3) is 0 Å². The Morgan fingerprint density at radius 2 is 1.82 bits per heavy atom. The minimum Gasteiger partial charge on any atom is -0.496 e. The first kappa shape index (κ1) is 15.3. The summed E-state index contributed by atoms with van der Waals surface area (Å²) in [6.45, 7) is 0. The highest BCUT2D eigenvalue weighted by Gasteiger charge is 2.17. The third-order valence-electron chi connectivity index (χ3n) is 2.87. The molecule has 0 heterocycles. The van der Waals surface area contributed by atoms with Crippen LogP contribution in [0.1, 0.15) is 10.4 Å². The second kappa shape index (κ2) is 6.57. The smallest absolute Gasteiger partial charge is 0.341 e. The number of rotatable bonds is 5. The van der Waals surface area contributed by atoms with Gasteiger partial charge in [-0.25, -0.2) is 4.79 Å². The fraction of sp³-hybridized carbons (Fsp3) is 0.133. The molecule has 2 rings (SSSR count). The molecule has 22 heavy (non-hydrogen) atoms. The summed E-state index contributed by atoms with van der Waals surface area (Å²) in [7, 11) is 2.67. The molecule has 0 N–H and O–H groups in total. The van der Waals surface area contributed by atoms with Gasteiger partial charge < -0.3 is 14.2 Å². The van der Waals surface area contributed by atoms with E-state index in [2.05, 4.69) is 4.74 Å². The Bertz CT molecular complexity index is 713. The Morgan fingerprint density at radius 3 is 2.45 bits per heavy atom. The molecule has 0 aromatic heterocycles. The molecule has 0 aliphatic rings. The zero-order valence-corrected chi connectivity index (χ0v) is 11.9. The van der Waals surface area contributed by atoms with E-state index in [1.165, 1.54) is 38.5 Å². The van der Waals surface area contributed by atoms with Gasteiger partial charge in [0, 0.05) is 6.07 Å². The van der Waals surface area contributed by atoms with Crippen molar-refractivity contribution in [3.05, 3.63) is 58.1 Å². The standard InChI is InChI=1S/C15H13NO6/c1-20-13-8-7-10(9-11(13)15(17)21-2)22-14-6-4-3-5-12(14)16(18)19/h3-9H,1-2H3. The number of esters is 1. The van der Waals surface area contributed by atoms with Crippen molar-refractivity contribution in [3.8, 4) is 17.2 Å².